The van der Waals surface area contributed by atoms with Crippen molar-refractivity contribution in [3.63, 3.8) is 0 Å². The summed E-state index contributed by atoms with van der Waals surface area (Å²) in [5.74, 6) is 2.76. The van der Waals surface area contributed by atoms with Crippen molar-refractivity contribution in [3.8, 4) is 11.8 Å². The van der Waals surface area contributed by atoms with Crippen LogP contribution in [0.15, 0.2) is 96.6 Å². The van der Waals surface area contributed by atoms with E-state index in [4.69, 9.17) is 43.6 Å². The van der Waals surface area contributed by atoms with Crippen LogP contribution in [0.25, 0.3) is 0 Å². The molecule has 3 aromatic carbocycles. The third kappa shape index (κ3) is 21.2. The number of amides is 7. The Morgan fingerprint density at radius 1 is 0.771 bits per heavy atom. The van der Waals surface area contributed by atoms with Gasteiger partial charge in [-0.15, -0.1) is 0 Å². The van der Waals surface area contributed by atoms with Gasteiger partial charge < -0.3 is 80.2 Å². The molecule has 3 saturated carbocycles. The number of carbonyl (C=O) groups excluding carboxylic acids is 10. The van der Waals surface area contributed by atoms with E-state index in [9.17, 15) is 53.1 Å². The molecule has 4 fully saturated rings. The summed E-state index contributed by atoms with van der Waals surface area (Å²) in [7, 11) is 0. The van der Waals surface area contributed by atoms with Crippen LogP contribution in [0.1, 0.15) is 140 Å². The first-order valence-electron chi connectivity index (χ1n) is 36.8. The number of hydrogen-bond donors (Lipinski definition) is 7. The molecule has 6 aliphatic rings. The molecule has 0 bridgehead atoms. The van der Waals surface area contributed by atoms with Gasteiger partial charge in [0.1, 0.15) is 13.2 Å². The van der Waals surface area contributed by atoms with Crippen LogP contribution in [0, 0.1) is 52.3 Å². The van der Waals surface area contributed by atoms with Crippen molar-refractivity contribution in [2.45, 2.75) is 161 Å². The predicted molar refractivity (Wildman–Crippen MR) is 386 cm³/mol. The lowest BCUT2D eigenvalue weighted by atomic mass is 9.46. The molecule has 8 N–H and O–H groups in total. The van der Waals surface area contributed by atoms with Gasteiger partial charge >= 0.3 is 12.1 Å². The number of Topliss-reactive ketones (excluding diaryl/α,β-unsaturated/α-hetero) is 3. The van der Waals surface area contributed by atoms with Gasteiger partial charge in [-0.05, 0) is 116 Å². The monoisotopic (exact) mass is 1450 g/mol. The lowest BCUT2D eigenvalue weighted by molar-refractivity contribution is -0.201. The summed E-state index contributed by atoms with van der Waals surface area (Å²) in [4.78, 5) is 133. The van der Waals surface area contributed by atoms with Crippen molar-refractivity contribution in [1.82, 2.24) is 21.3 Å². The second-order valence-electron chi connectivity index (χ2n) is 28.6. The number of nitrogens with zero attached hydrogens (tertiary/aromatic N) is 1. The van der Waals surface area contributed by atoms with Crippen LogP contribution in [0.4, 0.5) is 21.0 Å². The molecule has 26 heteroatoms. The fraction of sp³-hybridized carbons (Fsp3) is 0.570. The minimum atomic E-state index is -1.36. The molecule has 1 saturated heterocycles. The van der Waals surface area contributed by atoms with Gasteiger partial charge in [0.2, 0.25) is 23.6 Å². The zero-order valence-electron chi connectivity index (χ0n) is 61.0. The first-order valence-corrected chi connectivity index (χ1v) is 36.8. The Labute approximate surface area is 614 Å². The molecule has 4 aliphatic carbocycles. The van der Waals surface area contributed by atoms with Crippen molar-refractivity contribution in [1.29, 1.82) is 0 Å². The smallest absolute Gasteiger partial charge is 0.407 e. The summed E-state index contributed by atoms with van der Waals surface area (Å²) < 4.78 is 46.8. The molecule has 0 spiro atoms. The number of nitrogens with two attached hydrogens (primary N) is 1. The topological polar surface area (TPSA) is 354 Å². The van der Waals surface area contributed by atoms with E-state index < -0.39 is 70.8 Å². The molecule has 1 unspecified atom stereocenters. The molecular formula is C79H103N7O19. The van der Waals surface area contributed by atoms with Crippen molar-refractivity contribution in [2.75, 3.05) is 95.9 Å². The summed E-state index contributed by atoms with van der Waals surface area (Å²) in [5, 5.41) is 25.4. The Morgan fingerprint density at radius 3 is 2.18 bits per heavy atom. The lowest BCUT2D eigenvalue weighted by Crippen LogP contribution is -2.63. The first kappa shape index (κ1) is 80.6. The number of ketones is 4. The molecule has 105 heavy (non-hydrogen) atoms. The average molecular weight is 1450 g/mol. The van der Waals surface area contributed by atoms with E-state index in [1.54, 1.807) is 55.2 Å². The van der Waals surface area contributed by atoms with Gasteiger partial charge in [-0.2, -0.15) is 0 Å². The van der Waals surface area contributed by atoms with Gasteiger partial charge in [-0.25, -0.2) is 9.59 Å². The van der Waals surface area contributed by atoms with E-state index in [-0.39, 0.29) is 163 Å². The quantitative estimate of drug-likeness (QED) is 0.0221. The number of anilines is 2. The highest BCUT2D eigenvalue weighted by atomic mass is 16.7. The van der Waals surface area contributed by atoms with Crippen LogP contribution in [0.2, 0.25) is 0 Å². The molecule has 3 aromatic rings. The van der Waals surface area contributed by atoms with E-state index in [1.165, 1.54) is 0 Å². The molecule has 9 rings (SSSR count). The zero-order chi connectivity index (χ0) is 75.1. The van der Waals surface area contributed by atoms with E-state index in [2.05, 4.69) is 45.3 Å². The van der Waals surface area contributed by atoms with Crippen LogP contribution in [0.3, 0.4) is 0 Å². The van der Waals surface area contributed by atoms with Crippen molar-refractivity contribution < 1.29 is 90.9 Å². The molecule has 568 valence electrons. The van der Waals surface area contributed by atoms with Crippen LogP contribution in [0.5, 0.6) is 0 Å². The minimum absolute atomic E-state index is 0.000986. The van der Waals surface area contributed by atoms with E-state index in [0.717, 1.165) is 41.5 Å². The summed E-state index contributed by atoms with van der Waals surface area (Å²) in [6.45, 7) is 11.6. The molecular weight excluding hydrogens is 1350 g/mol. The van der Waals surface area contributed by atoms with E-state index in [0.29, 0.717) is 75.6 Å². The Bertz CT molecular complexity index is 3700. The third-order valence-electron chi connectivity index (χ3n) is 21.1. The molecule has 2 aliphatic heterocycles. The van der Waals surface area contributed by atoms with E-state index >= 15 is 0 Å². The number of urea groups is 1. The molecule has 0 aromatic heterocycles. The SMILES string of the molecule is CCCC1O[C@@H]2C[C@H]3[C@@H]4CCC5=CC(=O)C=C[C@]5(C)[C@H]4[C@@H](O)C[C@]3(C)[C@]2(C(=O)COCCC(=O)CNC(=O)OCc2ccc(NC(=O)[C@H](CCCNC(N)=O)CC(=O)[C@@H](NC(=O)CCOCCOCCOCCOCCNC(=O)CCC(=O)N3Cc4ccccc4C#Cc4ccccc43)C(C)C)cc2)O1. The maximum atomic E-state index is 14.6. The molecule has 11 atom stereocenters. The predicted octanol–water partition coefficient (Wildman–Crippen LogP) is 7.03. The number of fused-ring (bicyclic) bond motifs is 9. The van der Waals surface area contributed by atoms with Crippen LogP contribution in [-0.2, 0) is 89.4 Å². The number of nitrogens with one attached hydrogen (secondary N) is 5. The number of hydrogen-bond acceptors (Lipinski definition) is 19. The maximum absolute atomic E-state index is 14.6. The second-order valence-corrected chi connectivity index (χ2v) is 28.6. The number of benzene rings is 3. The first-order chi connectivity index (χ1) is 50.5. The summed E-state index contributed by atoms with van der Waals surface area (Å²) >= 11 is 0. The van der Waals surface area contributed by atoms with Crippen LogP contribution >= 0.6 is 0 Å². The van der Waals surface area contributed by atoms with Gasteiger partial charge in [0.25, 0.3) is 0 Å². The van der Waals surface area contributed by atoms with Gasteiger partial charge in [0.15, 0.2) is 35.0 Å². The number of aliphatic hydroxyl groups is 1. The standard InChI is InChI=1S/C79H103N7O19/c1-6-12-71-104-67-45-62-61-25-22-57-44-59(87)28-31-77(57,4)72(61)65(90)46-78(62,5)79(67,105-71)66(91)50-102-34-29-60(88)47-83-76(97)103-49-52-18-23-58(24-19-52)84-74(95)55(16-11-32-82-75(80)96)43-64(89)73(51(2)3)85-69(93)30-35-98-37-39-100-41-42-101-40-38-99-36-33-81-68(92)26-27-70(94)86-48-56-15-8-7-13-53(56)20-21-54-14-9-10-17-63(54)86/h7-10,13-15,17-19,23-24,28,31,44,51,55,61-62,65,67,71-73,90H,6,11-12,16,22,25-27,29-30,32-43,45-50H2,1-5H3,(H,81,92)(H,83,97)(H,84,95)(H,85,93)(H3,80,82,96)/t55-,61+,62+,65+,67-,71?,72-,73+,77+,78+,79-/m1/s1. The van der Waals surface area contributed by atoms with Gasteiger partial charge in [0.05, 0.1) is 96.5 Å². The Balaban J connectivity index is 0.611. The Kier molecular flexibility index (Phi) is 29.7. The third-order valence-corrected chi connectivity index (χ3v) is 21.1. The van der Waals surface area contributed by atoms with Gasteiger partial charge in [0, 0.05) is 84.7 Å². The summed E-state index contributed by atoms with van der Waals surface area (Å²) in [6, 6.07) is 20.0. The normalized spacial score (nSPS) is 23.7. The average Bonchev–Trinajstić information content (AvgIpc) is 1.50. The zero-order valence-corrected chi connectivity index (χ0v) is 61.0. The molecule has 7 amide bonds. The van der Waals surface area contributed by atoms with Gasteiger partial charge in [-0.3, -0.25) is 38.4 Å². The lowest BCUT2D eigenvalue weighted by Gasteiger charge is -2.59. The highest BCUT2D eigenvalue weighted by Gasteiger charge is 2.76. The Hall–Kier alpha value is -8.52. The minimum Gasteiger partial charge on any atom is -0.445 e. The van der Waals surface area contributed by atoms with Crippen molar-refractivity contribution in [3.05, 3.63) is 119 Å². The van der Waals surface area contributed by atoms with Crippen molar-refractivity contribution >= 4 is 70.3 Å². The molecule has 26 nitrogen and oxygen atoms in total. The fourth-order valence-corrected chi connectivity index (χ4v) is 15.8. The van der Waals surface area contributed by atoms with E-state index in [1.807, 2.05) is 68.5 Å². The maximum Gasteiger partial charge on any atom is 0.407 e. The number of alkyl carbamates (subject to hydrolysis) is 1. The summed E-state index contributed by atoms with van der Waals surface area (Å²) in [5.41, 5.74) is 7.90. The number of ether oxygens (including phenoxy) is 8. The fourth-order valence-electron chi connectivity index (χ4n) is 15.8. The number of rotatable bonds is 41. The van der Waals surface area contributed by atoms with Gasteiger partial charge in [-0.1, -0.05) is 107 Å². The number of para-hydroxylation sites is 1. The highest BCUT2D eigenvalue weighted by molar-refractivity contribution is 6.01. The van der Waals surface area contributed by atoms with Crippen molar-refractivity contribution in [2.24, 2.45) is 46.2 Å². The number of aliphatic hydroxyl groups excluding tert-OH is 1. The number of allylic oxidation sites excluding steroid dienone is 4. The number of carbonyl (C=O) groups is 10. The molecule has 0 radical (unpaired) electrons. The molecule has 2 heterocycles. The Morgan fingerprint density at radius 2 is 1.46 bits per heavy atom. The van der Waals surface area contributed by atoms with Crippen LogP contribution < -0.4 is 37.2 Å². The second kappa shape index (κ2) is 38.7. The van der Waals surface area contributed by atoms with Crippen LogP contribution in [-0.4, -0.2) is 180 Å². The number of primary amides is 1. The largest absolute Gasteiger partial charge is 0.445 e. The highest BCUT2D eigenvalue weighted by Crippen LogP contribution is 2.70. The summed E-state index contributed by atoms with van der Waals surface area (Å²) in [6.07, 6.45) is 6.52.